The highest BCUT2D eigenvalue weighted by Gasteiger charge is 2.36. The number of allylic oxidation sites excluding steroid dienone is 15. The molecule has 1 aliphatic heterocycles. The summed E-state index contributed by atoms with van der Waals surface area (Å²) in [5.74, 6) is -1.01. The topological polar surface area (TPSA) is 124 Å². The van der Waals surface area contributed by atoms with E-state index in [0.29, 0.717) is 42.5 Å². The van der Waals surface area contributed by atoms with Crippen LogP contribution < -0.4 is 4.89 Å². The molecule has 61 heavy (non-hydrogen) atoms. The molecule has 0 N–H and O–H groups in total. The highest BCUT2D eigenvalue weighted by molar-refractivity contribution is 7.45. The van der Waals surface area contributed by atoms with E-state index in [1.807, 2.05) is 39.4 Å². The van der Waals surface area contributed by atoms with Gasteiger partial charge in [-0.2, -0.15) is 0 Å². The summed E-state index contributed by atoms with van der Waals surface area (Å²) in [6.45, 7) is 3.98. The Morgan fingerprint density at radius 1 is 0.607 bits per heavy atom. The lowest BCUT2D eigenvalue weighted by atomic mass is 10.1. The number of rotatable bonds is 39. The summed E-state index contributed by atoms with van der Waals surface area (Å²) in [7, 11) is 1.07. The third kappa shape index (κ3) is 38.3. The van der Waals surface area contributed by atoms with Gasteiger partial charge in [0.15, 0.2) is 6.10 Å². The fourth-order valence-electron chi connectivity index (χ4n) is 5.78. The molecule has 0 bridgehead atoms. The maximum Gasteiger partial charge on any atom is 0.306 e. The number of hydrogen-bond donors (Lipinski definition) is 0. The van der Waals surface area contributed by atoms with Gasteiger partial charge in [0.1, 0.15) is 19.8 Å². The van der Waals surface area contributed by atoms with Gasteiger partial charge in [-0.25, -0.2) is 0 Å². The number of esters is 2. The molecule has 1 aliphatic rings. The van der Waals surface area contributed by atoms with E-state index in [0.717, 1.165) is 44.9 Å². The summed E-state index contributed by atoms with van der Waals surface area (Å²) in [6.07, 6.45) is 52.1. The number of ether oxygens (including phenoxy) is 3. The molecule has 0 amide bonds. The van der Waals surface area contributed by atoms with Crippen molar-refractivity contribution < 1.29 is 46.8 Å². The number of carbonyl (C=O) groups excluding carboxylic acids is 2. The Balaban J connectivity index is 2.37. The van der Waals surface area contributed by atoms with Crippen molar-refractivity contribution in [2.45, 2.75) is 161 Å². The fourth-order valence-corrected chi connectivity index (χ4v) is 6.51. The predicted octanol–water partition coefficient (Wildman–Crippen LogP) is 11.7. The van der Waals surface area contributed by atoms with Crippen molar-refractivity contribution in [3.05, 3.63) is 97.2 Å². The summed E-state index contributed by atoms with van der Waals surface area (Å²) in [5.41, 5.74) is 0. The molecule has 11 heteroatoms. The number of hydrogen-bond acceptors (Lipinski definition) is 9. The molecule has 0 aromatic carbocycles. The van der Waals surface area contributed by atoms with E-state index in [2.05, 4.69) is 92.8 Å². The first-order valence-corrected chi connectivity index (χ1v) is 24.5. The SMILES string of the molecule is CCCCC/C=C\C/C=C\C/C=C\C/C=C\C/C=C\CCC(=O)O[C@H](COC(=O)CCC/C=C\C/C=C\C/C=C\CC1OC1CCCCC)COP(=O)([O-])OCC[N+](C)(C)C. The monoisotopic (exact) mass is 872 g/mol. The zero-order chi connectivity index (χ0) is 44.7. The number of likely N-dealkylation sites (N-methyl/N-ethyl adjacent to an activating group) is 1. The second kappa shape index (κ2) is 37.4. The lowest BCUT2D eigenvalue weighted by Gasteiger charge is -2.28. The molecular weight excluding hydrogens is 790 g/mol. The van der Waals surface area contributed by atoms with Gasteiger partial charge in [0, 0.05) is 12.8 Å². The van der Waals surface area contributed by atoms with E-state index in [1.54, 1.807) is 0 Å². The van der Waals surface area contributed by atoms with Crippen LogP contribution in [0.5, 0.6) is 0 Å². The van der Waals surface area contributed by atoms with Crippen LogP contribution >= 0.6 is 7.82 Å². The van der Waals surface area contributed by atoms with Gasteiger partial charge in [-0.3, -0.25) is 14.2 Å². The maximum atomic E-state index is 12.7. The van der Waals surface area contributed by atoms with Crippen molar-refractivity contribution in [2.24, 2.45) is 0 Å². The van der Waals surface area contributed by atoms with Crippen molar-refractivity contribution >= 4 is 19.8 Å². The van der Waals surface area contributed by atoms with Crippen molar-refractivity contribution in [3.8, 4) is 0 Å². The molecule has 3 unspecified atom stereocenters. The quantitative estimate of drug-likeness (QED) is 0.0148. The molecule has 0 aliphatic carbocycles. The van der Waals surface area contributed by atoms with Gasteiger partial charge in [0.25, 0.3) is 7.82 Å². The third-order valence-corrected chi connectivity index (χ3v) is 10.5. The standard InChI is InChI=1S/C50H82NO9P/c1-6-8-10-11-12-13-14-15-16-17-18-19-20-21-22-27-30-33-37-41-50(53)59-46(45-58-61(54,55)57-43-42-51(3,4)5)44-56-49(52)40-36-32-29-26-24-23-25-28-31-35-39-48-47(60-48)38-34-9-7-2/h12-13,15-16,18-19,21-23,25-26,29-31,33,35,46-48H,6-11,14,17,20,24,27-28,32,34,36-45H2,1-5H3/b13-12-,16-15-,19-18-,22-21-,25-23-,29-26-,33-30-,35-31-/t46-,47?,48?/m1/s1. The average Bonchev–Trinajstić information content (AvgIpc) is 3.97. The highest BCUT2D eigenvalue weighted by Crippen LogP contribution is 2.38. The largest absolute Gasteiger partial charge is 0.756 e. The predicted molar refractivity (Wildman–Crippen MR) is 249 cm³/mol. The van der Waals surface area contributed by atoms with Crippen LogP contribution in [0.15, 0.2) is 97.2 Å². The summed E-state index contributed by atoms with van der Waals surface area (Å²) in [5, 5.41) is 0. The van der Waals surface area contributed by atoms with Crippen molar-refractivity contribution in [1.82, 2.24) is 0 Å². The molecule has 1 rings (SSSR count). The molecule has 346 valence electrons. The van der Waals surface area contributed by atoms with E-state index >= 15 is 0 Å². The van der Waals surface area contributed by atoms with Crippen molar-refractivity contribution in [3.63, 3.8) is 0 Å². The van der Waals surface area contributed by atoms with Crippen LogP contribution in [-0.2, 0) is 37.4 Å². The molecular formula is C50H82NO9P. The van der Waals surface area contributed by atoms with Crippen LogP contribution in [0, 0.1) is 0 Å². The molecule has 0 aromatic heterocycles. The first-order chi connectivity index (χ1) is 29.5. The van der Waals surface area contributed by atoms with Gasteiger partial charge in [-0.15, -0.1) is 0 Å². The second-order valence-corrected chi connectivity index (χ2v) is 17.9. The lowest BCUT2D eigenvalue weighted by molar-refractivity contribution is -0.870. The lowest BCUT2D eigenvalue weighted by Crippen LogP contribution is -2.37. The van der Waals surface area contributed by atoms with E-state index < -0.39 is 32.5 Å². The Labute approximate surface area is 370 Å². The molecule has 0 aromatic rings. The molecule has 1 saturated heterocycles. The van der Waals surface area contributed by atoms with Crippen LogP contribution in [0.1, 0.15) is 142 Å². The number of phosphoric ester groups is 1. The zero-order valence-electron chi connectivity index (χ0n) is 38.5. The van der Waals surface area contributed by atoms with E-state index in [1.165, 1.54) is 51.4 Å². The first kappa shape index (κ1) is 55.9. The van der Waals surface area contributed by atoms with E-state index in [9.17, 15) is 19.0 Å². The average molecular weight is 872 g/mol. The summed E-state index contributed by atoms with van der Waals surface area (Å²) in [4.78, 5) is 37.5. The Morgan fingerprint density at radius 3 is 1.67 bits per heavy atom. The Morgan fingerprint density at radius 2 is 1.11 bits per heavy atom. The van der Waals surface area contributed by atoms with E-state index in [-0.39, 0.29) is 26.1 Å². The Bertz CT molecular complexity index is 1420. The molecule has 4 atom stereocenters. The van der Waals surface area contributed by atoms with Crippen LogP contribution in [-0.4, -0.2) is 82.2 Å². The highest BCUT2D eigenvalue weighted by atomic mass is 31.2. The third-order valence-electron chi connectivity index (χ3n) is 9.51. The van der Waals surface area contributed by atoms with Gasteiger partial charge in [-0.1, -0.05) is 143 Å². The summed E-state index contributed by atoms with van der Waals surface area (Å²) >= 11 is 0. The number of carbonyl (C=O) groups is 2. The number of unbranched alkanes of at least 4 members (excludes halogenated alkanes) is 6. The van der Waals surface area contributed by atoms with Crippen LogP contribution in [0.3, 0.4) is 0 Å². The number of quaternary nitrogens is 1. The van der Waals surface area contributed by atoms with Crippen molar-refractivity contribution in [2.75, 3.05) is 47.5 Å². The Hall–Kier alpha value is -3.11. The first-order valence-electron chi connectivity index (χ1n) is 23.1. The van der Waals surface area contributed by atoms with Gasteiger partial charge in [0.2, 0.25) is 0 Å². The normalized spacial score (nSPS) is 17.7. The summed E-state index contributed by atoms with van der Waals surface area (Å²) in [6, 6.07) is 0. The molecule has 0 saturated carbocycles. The second-order valence-electron chi connectivity index (χ2n) is 16.4. The van der Waals surface area contributed by atoms with Gasteiger partial charge in [-0.05, 0) is 83.5 Å². The number of nitrogens with zero attached hydrogens (tertiary/aromatic N) is 1. The molecule has 1 fully saturated rings. The van der Waals surface area contributed by atoms with Gasteiger partial charge in [0.05, 0.1) is 40.0 Å². The molecule has 0 spiro atoms. The van der Waals surface area contributed by atoms with Crippen LogP contribution in [0.2, 0.25) is 0 Å². The van der Waals surface area contributed by atoms with Crippen LogP contribution in [0.25, 0.3) is 0 Å². The minimum atomic E-state index is -4.67. The van der Waals surface area contributed by atoms with Crippen molar-refractivity contribution in [1.29, 1.82) is 0 Å². The summed E-state index contributed by atoms with van der Waals surface area (Å²) < 4.78 is 39.5. The van der Waals surface area contributed by atoms with E-state index in [4.69, 9.17) is 23.3 Å². The minimum absolute atomic E-state index is 0.0601. The molecule has 0 radical (unpaired) electrons. The number of epoxide rings is 1. The van der Waals surface area contributed by atoms with Gasteiger partial charge < -0.3 is 32.6 Å². The Kier molecular flexibility index (Phi) is 34.3. The molecule has 1 heterocycles. The molecule has 10 nitrogen and oxygen atoms in total. The smallest absolute Gasteiger partial charge is 0.306 e. The zero-order valence-corrected chi connectivity index (χ0v) is 39.4. The number of phosphoric acid groups is 1. The fraction of sp³-hybridized carbons (Fsp3) is 0.640. The minimum Gasteiger partial charge on any atom is -0.756 e. The maximum absolute atomic E-state index is 12.7. The van der Waals surface area contributed by atoms with Gasteiger partial charge >= 0.3 is 11.9 Å². The van der Waals surface area contributed by atoms with Crippen LogP contribution in [0.4, 0.5) is 0 Å².